The van der Waals surface area contributed by atoms with Crippen molar-refractivity contribution in [3.05, 3.63) is 78.6 Å². The molecule has 1 aliphatic heterocycles. The minimum absolute atomic E-state index is 0.250. The first-order valence-corrected chi connectivity index (χ1v) is 8.99. The Morgan fingerprint density at radius 3 is 2.37 bits per heavy atom. The van der Waals surface area contributed by atoms with Crippen molar-refractivity contribution >= 4 is 6.08 Å². The second-order valence-corrected chi connectivity index (χ2v) is 6.54. The fourth-order valence-electron chi connectivity index (χ4n) is 2.92. The summed E-state index contributed by atoms with van der Waals surface area (Å²) in [5, 5.41) is 10.3. The summed E-state index contributed by atoms with van der Waals surface area (Å²) >= 11 is 0. The van der Waals surface area contributed by atoms with Crippen molar-refractivity contribution in [2.45, 2.75) is 12.6 Å². The van der Waals surface area contributed by atoms with Gasteiger partial charge in [-0.3, -0.25) is 0 Å². The molecule has 1 atom stereocenters. The molecule has 0 aromatic heterocycles. The summed E-state index contributed by atoms with van der Waals surface area (Å²) in [4.78, 5) is 4.29. The number of aliphatic hydroxyl groups excluding tert-OH is 1. The Morgan fingerprint density at radius 2 is 1.70 bits per heavy atom. The maximum Gasteiger partial charge on any atom is 0.119 e. The Kier molecular flexibility index (Phi) is 6.39. The molecule has 5 heteroatoms. The minimum Gasteiger partial charge on any atom is -0.497 e. The molecule has 0 radical (unpaired) electrons. The summed E-state index contributed by atoms with van der Waals surface area (Å²) < 4.78 is 10.8. The Morgan fingerprint density at radius 1 is 1.04 bits per heavy atom. The van der Waals surface area contributed by atoms with Gasteiger partial charge in [-0.05, 0) is 35.4 Å². The highest BCUT2D eigenvalue weighted by Crippen LogP contribution is 2.18. The number of nitrogens with zero attached hydrogens (tertiary/aromatic N) is 2. The Balaban J connectivity index is 1.40. The molecule has 1 aliphatic rings. The summed E-state index contributed by atoms with van der Waals surface area (Å²) in [6, 6.07) is 15.7. The van der Waals surface area contributed by atoms with Crippen molar-refractivity contribution in [3.63, 3.8) is 0 Å². The average Bonchev–Trinajstić information content (AvgIpc) is 3.14. The van der Waals surface area contributed by atoms with E-state index in [1.54, 1.807) is 7.11 Å². The van der Waals surface area contributed by atoms with Crippen molar-refractivity contribution in [2.24, 2.45) is 0 Å². The first kappa shape index (κ1) is 18.9. The monoisotopic (exact) mass is 366 g/mol. The van der Waals surface area contributed by atoms with E-state index in [4.69, 9.17) is 9.47 Å². The zero-order chi connectivity index (χ0) is 19.1. The van der Waals surface area contributed by atoms with Gasteiger partial charge in [-0.1, -0.05) is 36.9 Å². The fourth-order valence-corrected chi connectivity index (χ4v) is 2.92. The summed E-state index contributed by atoms with van der Waals surface area (Å²) in [6.07, 6.45) is 5.34. The fraction of sp³-hybridized carbons (Fsp3) is 0.273. The van der Waals surface area contributed by atoms with Gasteiger partial charge < -0.3 is 24.4 Å². The SMILES string of the molecule is C=Cc1ccc(CN2C=CN(CC(O)COc3ccc(OC)cc3)C2)cc1. The number of hydrogen-bond donors (Lipinski definition) is 1. The molecule has 5 nitrogen and oxygen atoms in total. The molecule has 0 amide bonds. The third kappa shape index (κ3) is 5.53. The Hall–Kier alpha value is -2.92. The van der Waals surface area contributed by atoms with Gasteiger partial charge in [-0.15, -0.1) is 0 Å². The third-order valence-electron chi connectivity index (χ3n) is 4.40. The van der Waals surface area contributed by atoms with Crippen LogP contribution in [0.15, 0.2) is 67.5 Å². The van der Waals surface area contributed by atoms with E-state index >= 15 is 0 Å². The van der Waals surface area contributed by atoms with Gasteiger partial charge in [0.2, 0.25) is 0 Å². The molecule has 0 saturated heterocycles. The van der Waals surface area contributed by atoms with Gasteiger partial charge in [0.1, 0.15) is 24.2 Å². The van der Waals surface area contributed by atoms with Gasteiger partial charge >= 0.3 is 0 Å². The van der Waals surface area contributed by atoms with Gasteiger partial charge in [-0.2, -0.15) is 0 Å². The molecule has 142 valence electrons. The summed E-state index contributed by atoms with van der Waals surface area (Å²) in [5.41, 5.74) is 2.37. The standard InChI is InChI=1S/C22H26N2O3/c1-3-18-4-6-19(7-5-18)14-23-12-13-24(17-23)15-20(25)16-27-22-10-8-21(26-2)9-11-22/h3-13,20,25H,1,14-17H2,2H3. The lowest BCUT2D eigenvalue weighted by molar-refractivity contribution is 0.0759. The lowest BCUT2D eigenvalue weighted by atomic mass is 10.1. The predicted molar refractivity (Wildman–Crippen MR) is 107 cm³/mol. The molecular weight excluding hydrogens is 340 g/mol. The van der Waals surface area contributed by atoms with E-state index in [2.05, 4.69) is 46.8 Å². The number of ether oxygens (including phenoxy) is 2. The van der Waals surface area contributed by atoms with E-state index in [1.807, 2.05) is 36.5 Å². The van der Waals surface area contributed by atoms with E-state index < -0.39 is 6.10 Å². The molecule has 1 heterocycles. The van der Waals surface area contributed by atoms with Crippen LogP contribution in [0, 0.1) is 0 Å². The largest absolute Gasteiger partial charge is 0.497 e. The van der Waals surface area contributed by atoms with Crippen molar-refractivity contribution in [1.29, 1.82) is 0 Å². The summed E-state index contributed by atoms with van der Waals surface area (Å²) in [7, 11) is 1.63. The third-order valence-corrected chi connectivity index (χ3v) is 4.40. The number of rotatable bonds is 9. The molecule has 3 rings (SSSR count). The number of benzene rings is 2. The lowest BCUT2D eigenvalue weighted by Crippen LogP contribution is -2.34. The molecule has 27 heavy (non-hydrogen) atoms. The maximum absolute atomic E-state index is 10.3. The minimum atomic E-state index is -0.566. The predicted octanol–water partition coefficient (Wildman–Crippen LogP) is 3.32. The first-order chi connectivity index (χ1) is 13.2. The lowest BCUT2D eigenvalue weighted by Gasteiger charge is -2.23. The zero-order valence-corrected chi connectivity index (χ0v) is 15.6. The highest BCUT2D eigenvalue weighted by atomic mass is 16.5. The Bertz CT molecular complexity index is 756. The van der Waals surface area contributed by atoms with E-state index in [1.165, 1.54) is 5.56 Å². The normalized spacial score (nSPS) is 14.3. The molecule has 1 unspecified atom stereocenters. The van der Waals surface area contributed by atoms with Crippen LogP contribution in [0.5, 0.6) is 11.5 Å². The number of hydrogen-bond acceptors (Lipinski definition) is 5. The van der Waals surface area contributed by atoms with Crippen molar-refractivity contribution in [1.82, 2.24) is 9.80 Å². The van der Waals surface area contributed by atoms with Crippen LogP contribution in [-0.2, 0) is 6.54 Å². The molecule has 0 fully saturated rings. The van der Waals surface area contributed by atoms with Crippen LogP contribution in [0.3, 0.4) is 0 Å². The van der Waals surface area contributed by atoms with Gasteiger partial charge in [0, 0.05) is 25.5 Å². The summed E-state index contributed by atoms with van der Waals surface area (Å²) in [5.74, 6) is 1.50. The topological polar surface area (TPSA) is 45.2 Å². The number of methoxy groups -OCH3 is 1. The smallest absolute Gasteiger partial charge is 0.119 e. The van der Waals surface area contributed by atoms with Gasteiger partial charge in [-0.25, -0.2) is 0 Å². The van der Waals surface area contributed by atoms with Crippen molar-refractivity contribution in [3.8, 4) is 11.5 Å². The van der Waals surface area contributed by atoms with Crippen LogP contribution >= 0.6 is 0 Å². The molecule has 0 spiro atoms. The van der Waals surface area contributed by atoms with Gasteiger partial charge in [0.15, 0.2) is 0 Å². The average molecular weight is 366 g/mol. The summed E-state index contributed by atoms with van der Waals surface area (Å²) in [6.45, 7) is 6.14. The molecule has 0 bridgehead atoms. The van der Waals surface area contributed by atoms with Crippen LogP contribution in [0.2, 0.25) is 0 Å². The molecule has 2 aromatic carbocycles. The van der Waals surface area contributed by atoms with Crippen molar-refractivity contribution in [2.75, 3.05) is 26.9 Å². The molecule has 2 aromatic rings. The quantitative estimate of drug-likeness (QED) is 0.738. The van der Waals surface area contributed by atoms with Crippen LogP contribution in [-0.4, -0.2) is 47.9 Å². The van der Waals surface area contributed by atoms with E-state index in [0.29, 0.717) is 6.54 Å². The zero-order valence-electron chi connectivity index (χ0n) is 15.6. The van der Waals surface area contributed by atoms with Crippen LogP contribution < -0.4 is 9.47 Å². The molecular formula is C22H26N2O3. The first-order valence-electron chi connectivity index (χ1n) is 8.99. The Labute approximate surface area is 160 Å². The highest BCUT2D eigenvalue weighted by molar-refractivity contribution is 5.47. The highest BCUT2D eigenvalue weighted by Gasteiger charge is 2.16. The van der Waals surface area contributed by atoms with E-state index in [0.717, 1.165) is 30.3 Å². The van der Waals surface area contributed by atoms with E-state index in [-0.39, 0.29) is 6.61 Å². The van der Waals surface area contributed by atoms with E-state index in [9.17, 15) is 5.11 Å². The van der Waals surface area contributed by atoms with Crippen LogP contribution in [0.25, 0.3) is 6.08 Å². The van der Waals surface area contributed by atoms with Crippen LogP contribution in [0.4, 0.5) is 0 Å². The molecule has 0 aliphatic carbocycles. The van der Waals surface area contributed by atoms with Gasteiger partial charge in [0.25, 0.3) is 0 Å². The number of aliphatic hydroxyl groups is 1. The molecule has 1 N–H and O–H groups in total. The molecule has 0 saturated carbocycles. The van der Waals surface area contributed by atoms with Crippen molar-refractivity contribution < 1.29 is 14.6 Å². The van der Waals surface area contributed by atoms with Gasteiger partial charge in [0.05, 0.1) is 13.8 Å². The second kappa shape index (κ2) is 9.14. The maximum atomic E-state index is 10.3. The van der Waals surface area contributed by atoms with Crippen LogP contribution in [0.1, 0.15) is 11.1 Å². The second-order valence-electron chi connectivity index (χ2n) is 6.54. The number of β-amino-alcohol motifs (C(OH)–C–C–N with tert-alkyl or cyclic N) is 1.